The van der Waals surface area contributed by atoms with Crippen LogP contribution in [0.25, 0.3) is 0 Å². The average molecular weight is 334 g/mol. The SMILES string of the molecule is CC(C)C12CC(C(C)C)(C1)N2.CC(C)C12CCC(C(C)C)(CC1)C2. The third-order valence-electron chi connectivity index (χ3n) is 9.37. The molecule has 5 aliphatic rings. The van der Waals surface area contributed by atoms with Crippen molar-refractivity contribution in [1.82, 2.24) is 5.32 Å². The van der Waals surface area contributed by atoms with Crippen LogP contribution in [0.4, 0.5) is 0 Å². The summed E-state index contributed by atoms with van der Waals surface area (Å²) in [7, 11) is 0. The van der Waals surface area contributed by atoms with Crippen molar-refractivity contribution in [2.24, 2.45) is 34.5 Å². The Balaban J connectivity index is 0.000000143. The molecule has 1 nitrogen and oxygen atoms in total. The fourth-order valence-corrected chi connectivity index (χ4v) is 6.50. The van der Waals surface area contributed by atoms with Gasteiger partial charge in [0, 0.05) is 11.1 Å². The summed E-state index contributed by atoms with van der Waals surface area (Å²) in [6.07, 6.45) is 10.5. The summed E-state index contributed by atoms with van der Waals surface area (Å²) in [5.41, 5.74) is 2.63. The second kappa shape index (κ2) is 5.73. The number of nitrogens with one attached hydrogen (secondary N) is 1. The van der Waals surface area contributed by atoms with Crippen LogP contribution >= 0.6 is 0 Å². The predicted molar refractivity (Wildman–Crippen MR) is 105 cm³/mol. The summed E-state index contributed by atoms with van der Waals surface area (Å²) in [4.78, 5) is 0. The van der Waals surface area contributed by atoms with Gasteiger partial charge in [-0.25, -0.2) is 0 Å². The molecule has 0 radical (unpaired) electrons. The monoisotopic (exact) mass is 333 g/mol. The van der Waals surface area contributed by atoms with Crippen LogP contribution in [0, 0.1) is 34.5 Å². The second-order valence-electron chi connectivity index (χ2n) is 11.3. The van der Waals surface area contributed by atoms with Gasteiger partial charge in [0.25, 0.3) is 0 Å². The Kier molecular flexibility index (Phi) is 4.47. The van der Waals surface area contributed by atoms with Crippen molar-refractivity contribution in [2.75, 3.05) is 0 Å². The average Bonchev–Trinajstić information content (AvgIpc) is 2.93. The van der Waals surface area contributed by atoms with E-state index >= 15 is 0 Å². The molecule has 0 amide bonds. The fraction of sp³-hybridized carbons (Fsp3) is 1.00. The molecule has 3 aliphatic carbocycles. The topological polar surface area (TPSA) is 12.0 Å². The van der Waals surface area contributed by atoms with E-state index in [4.69, 9.17) is 0 Å². The molecule has 0 aromatic rings. The molecular formula is C23H43N. The van der Waals surface area contributed by atoms with Crippen LogP contribution in [0.5, 0.6) is 0 Å². The lowest BCUT2D eigenvalue weighted by atomic mass is 9.45. The molecule has 0 aromatic heterocycles. The molecule has 0 unspecified atom stereocenters. The first-order valence-electron chi connectivity index (χ1n) is 10.8. The van der Waals surface area contributed by atoms with E-state index in [1.165, 1.54) is 44.9 Å². The smallest absolute Gasteiger partial charge is 0.0245 e. The highest BCUT2D eigenvalue weighted by Gasteiger charge is 2.69. The van der Waals surface area contributed by atoms with Crippen molar-refractivity contribution >= 4 is 0 Å². The molecule has 0 atom stereocenters. The van der Waals surface area contributed by atoms with E-state index in [0.29, 0.717) is 11.1 Å². The van der Waals surface area contributed by atoms with Crippen LogP contribution in [0.15, 0.2) is 0 Å². The molecule has 24 heavy (non-hydrogen) atoms. The van der Waals surface area contributed by atoms with Gasteiger partial charge in [-0.15, -0.1) is 0 Å². The van der Waals surface area contributed by atoms with E-state index in [-0.39, 0.29) is 0 Å². The van der Waals surface area contributed by atoms with Crippen molar-refractivity contribution in [2.45, 2.75) is 111 Å². The quantitative estimate of drug-likeness (QED) is 0.625. The van der Waals surface area contributed by atoms with E-state index in [2.05, 4.69) is 60.7 Å². The molecule has 140 valence electrons. The largest absolute Gasteiger partial charge is 0.305 e. The van der Waals surface area contributed by atoms with Gasteiger partial charge in [0.1, 0.15) is 0 Å². The van der Waals surface area contributed by atoms with Gasteiger partial charge in [-0.2, -0.15) is 0 Å². The van der Waals surface area contributed by atoms with Gasteiger partial charge >= 0.3 is 0 Å². The van der Waals surface area contributed by atoms with Gasteiger partial charge in [0.2, 0.25) is 0 Å². The molecule has 4 bridgehead atoms. The van der Waals surface area contributed by atoms with E-state index in [9.17, 15) is 0 Å². The van der Waals surface area contributed by atoms with Gasteiger partial charge in [-0.1, -0.05) is 55.4 Å². The number of fused-ring (bicyclic) bond motifs is 2. The van der Waals surface area contributed by atoms with E-state index in [1.54, 1.807) is 0 Å². The van der Waals surface area contributed by atoms with Crippen molar-refractivity contribution in [3.63, 3.8) is 0 Å². The normalized spacial score (nSPS) is 45.5. The van der Waals surface area contributed by atoms with Gasteiger partial charge in [-0.05, 0) is 79.4 Å². The minimum Gasteiger partial charge on any atom is -0.305 e. The highest BCUT2D eigenvalue weighted by Crippen LogP contribution is 2.66. The summed E-state index contributed by atoms with van der Waals surface area (Å²) < 4.78 is 0. The van der Waals surface area contributed by atoms with Crippen LogP contribution < -0.4 is 5.32 Å². The Morgan fingerprint density at radius 2 is 0.792 bits per heavy atom. The first-order valence-corrected chi connectivity index (χ1v) is 10.8. The van der Waals surface area contributed by atoms with Gasteiger partial charge in [-0.3, -0.25) is 0 Å². The molecule has 3 saturated carbocycles. The first kappa shape index (κ1) is 18.7. The Hall–Kier alpha value is -0.0400. The van der Waals surface area contributed by atoms with Gasteiger partial charge < -0.3 is 5.32 Å². The lowest BCUT2D eigenvalue weighted by Crippen LogP contribution is -2.89. The summed E-state index contributed by atoms with van der Waals surface area (Å²) >= 11 is 0. The zero-order chi connectivity index (χ0) is 18.0. The Bertz CT molecular complexity index is 403. The minimum atomic E-state index is 0.560. The summed E-state index contributed by atoms with van der Waals surface area (Å²) in [5, 5.41) is 3.73. The maximum atomic E-state index is 3.73. The van der Waals surface area contributed by atoms with Crippen LogP contribution in [-0.4, -0.2) is 11.1 Å². The van der Waals surface area contributed by atoms with Gasteiger partial charge in [0.05, 0.1) is 0 Å². The van der Waals surface area contributed by atoms with E-state index in [0.717, 1.165) is 34.5 Å². The minimum absolute atomic E-state index is 0.560. The Morgan fingerprint density at radius 3 is 0.958 bits per heavy atom. The summed E-state index contributed by atoms with van der Waals surface area (Å²) in [6.45, 7) is 19.0. The van der Waals surface area contributed by atoms with Crippen molar-refractivity contribution in [3.8, 4) is 0 Å². The standard InChI is InChI=1S/C13H24.C10H19N/c1-10(2)12-5-7-13(9-12,8-6-12)11(3)4;1-7(2)9-5-10(6-9,11-9)8(3)4/h10-11H,5-9H2,1-4H3;7-8,11H,5-6H2,1-4H3. The van der Waals surface area contributed by atoms with Crippen LogP contribution in [-0.2, 0) is 0 Å². The molecule has 2 heterocycles. The van der Waals surface area contributed by atoms with Crippen molar-refractivity contribution in [1.29, 1.82) is 0 Å². The molecule has 1 N–H and O–H groups in total. The number of hydrogen-bond donors (Lipinski definition) is 1. The Labute approximate surface area is 151 Å². The molecule has 2 aliphatic heterocycles. The van der Waals surface area contributed by atoms with E-state index < -0.39 is 0 Å². The molecule has 5 rings (SSSR count). The van der Waals surface area contributed by atoms with E-state index in [1.807, 2.05) is 0 Å². The first-order chi connectivity index (χ1) is 11.0. The fourth-order valence-electron chi connectivity index (χ4n) is 6.50. The molecule has 2 saturated heterocycles. The Morgan fingerprint density at radius 1 is 0.500 bits per heavy atom. The van der Waals surface area contributed by atoms with Crippen molar-refractivity contribution < 1.29 is 0 Å². The maximum absolute atomic E-state index is 3.73. The highest BCUT2D eigenvalue weighted by atomic mass is 15.2. The molecule has 0 spiro atoms. The summed E-state index contributed by atoms with van der Waals surface area (Å²) in [5.74, 6) is 3.47. The lowest BCUT2D eigenvalue weighted by molar-refractivity contribution is -0.163. The predicted octanol–water partition coefficient (Wildman–Crippen LogP) is 6.42. The van der Waals surface area contributed by atoms with Crippen LogP contribution in [0.3, 0.4) is 0 Å². The number of rotatable bonds is 4. The van der Waals surface area contributed by atoms with Gasteiger partial charge in [0.15, 0.2) is 0 Å². The van der Waals surface area contributed by atoms with Crippen LogP contribution in [0.1, 0.15) is 100 Å². The highest BCUT2D eigenvalue weighted by molar-refractivity contribution is 5.29. The zero-order valence-corrected chi connectivity index (χ0v) is 17.8. The maximum Gasteiger partial charge on any atom is 0.0245 e. The zero-order valence-electron chi connectivity index (χ0n) is 17.8. The third kappa shape index (κ3) is 2.51. The molecule has 0 aromatic carbocycles. The second-order valence-corrected chi connectivity index (χ2v) is 11.3. The molecule has 5 fully saturated rings. The lowest BCUT2D eigenvalue weighted by Gasteiger charge is -2.75. The number of hydrogen-bond acceptors (Lipinski definition) is 1. The molecule has 1 heteroatoms. The van der Waals surface area contributed by atoms with Crippen LogP contribution in [0.2, 0.25) is 0 Å². The van der Waals surface area contributed by atoms with Crippen molar-refractivity contribution in [3.05, 3.63) is 0 Å². The third-order valence-corrected chi connectivity index (χ3v) is 9.37. The summed E-state index contributed by atoms with van der Waals surface area (Å²) in [6, 6.07) is 0. The molecular weight excluding hydrogens is 290 g/mol.